The number of urea groups is 1. The molecule has 0 saturated carbocycles. The average Bonchev–Trinajstić information content (AvgIpc) is 2.87. The Kier molecular flexibility index (Phi) is 5.17. The van der Waals surface area contributed by atoms with E-state index in [1.165, 1.54) is 13.0 Å². The lowest BCUT2D eigenvalue weighted by Gasteiger charge is -2.36. The second-order valence-electron chi connectivity index (χ2n) is 7.22. The molecule has 1 aromatic carbocycles. The molecule has 6 nitrogen and oxygen atoms in total. The zero-order valence-corrected chi connectivity index (χ0v) is 15.4. The number of imide groups is 1. The van der Waals surface area contributed by atoms with Gasteiger partial charge in [-0.3, -0.25) is 14.5 Å². The van der Waals surface area contributed by atoms with Gasteiger partial charge < -0.3 is 10.2 Å². The van der Waals surface area contributed by atoms with Gasteiger partial charge in [-0.2, -0.15) is 0 Å². The summed E-state index contributed by atoms with van der Waals surface area (Å²) in [6.45, 7) is 3.67. The number of amides is 4. The van der Waals surface area contributed by atoms with E-state index >= 15 is 0 Å². The van der Waals surface area contributed by atoms with Crippen LogP contribution in [-0.4, -0.2) is 46.8 Å². The Morgan fingerprint density at radius 3 is 2.67 bits per heavy atom. The molecule has 0 aliphatic carbocycles. The minimum Gasteiger partial charge on any atom is -0.338 e. The highest BCUT2D eigenvalue weighted by molar-refractivity contribution is 6.09. The van der Waals surface area contributed by atoms with Gasteiger partial charge in [-0.15, -0.1) is 0 Å². The molecule has 27 heavy (non-hydrogen) atoms. The first-order valence-electron chi connectivity index (χ1n) is 9.17. The molecule has 3 rings (SSSR count). The Morgan fingerprint density at radius 2 is 2.00 bits per heavy atom. The van der Waals surface area contributed by atoms with E-state index in [1.807, 2.05) is 6.92 Å². The van der Waals surface area contributed by atoms with Crippen molar-refractivity contribution in [2.45, 2.75) is 51.1 Å². The van der Waals surface area contributed by atoms with Crippen LogP contribution in [0.1, 0.15) is 45.1 Å². The number of nitrogens with one attached hydrogen (secondary N) is 1. The maximum atomic E-state index is 13.6. The number of rotatable bonds is 4. The lowest BCUT2D eigenvalue weighted by molar-refractivity contribution is -0.141. The van der Waals surface area contributed by atoms with Gasteiger partial charge in [0.1, 0.15) is 12.1 Å². The molecule has 0 spiro atoms. The molecule has 1 aromatic rings. The van der Waals surface area contributed by atoms with Gasteiger partial charge in [0.05, 0.1) is 0 Å². The number of nitrogens with zero attached hydrogens (tertiary/aromatic N) is 2. The Hall–Kier alpha value is -2.51. The SMILES string of the molecule is CCC1CCCCN1C(=O)CN1C(=O)NC(C)(c2ccc(F)c(F)c2)C1=O. The van der Waals surface area contributed by atoms with Gasteiger partial charge in [0, 0.05) is 12.6 Å². The molecule has 2 aliphatic rings. The minimum atomic E-state index is -1.54. The summed E-state index contributed by atoms with van der Waals surface area (Å²) in [5.41, 5.74) is -1.42. The van der Waals surface area contributed by atoms with Crippen molar-refractivity contribution in [3.05, 3.63) is 35.4 Å². The highest BCUT2D eigenvalue weighted by Gasteiger charge is 2.50. The highest BCUT2D eigenvalue weighted by Crippen LogP contribution is 2.30. The third-order valence-corrected chi connectivity index (χ3v) is 5.48. The number of benzene rings is 1. The Bertz CT molecular complexity index is 785. The number of carbonyl (C=O) groups is 3. The Balaban J connectivity index is 1.79. The van der Waals surface area contributed by atoms with Crippen molar-refractivity contribution in [1.29, 1.82) is 0 Å². The maximum Gasteiger partial charge on any atom is 0.325 e. The molecule has 2 saturated heterocycles. The van der Waals surface area contributed by atoms with Crippen molar-refractivity contribution >= 4 is 17.8 Å². The monoisotopic (exact) mass is 379 g/mol. The summed E-state index contributed by atoms with van der Waals surface area (Å²) in [5.74, 6) is -3.08. The van der Waals surface area contributed by atoms with E-state index in [0.717, 1.165) is 42.7 Å². The van der Waals surface area contributed by atoms with Crippen LogP contribution in [-0.2, 0) is 15.1 Å². The zero-order valence-electron chi connectivity index (χ0n) is 15.4. The summed E-state index contributed by atoms with van der Waals surface area (Å²) in [6, 6.07) is 2.44. The lowest BCUT2D eigenvalue weighted by Crippen LogP contribution is -2.49. The van der Waals surface area contributed by atoms with Crippen LogP contribution >= 0.6 is 0 Å². The molecular weight excluding hydrogens is 356 g/mol. The van der Waals surface area contributed by atoms with Crippen molar-refractivity contribution in [3.8, 4) is 0 Å². The van der Waals surface area contributed by atoms with Crippen LogP contribution in [0.15, 0.2) is 18.2 Å². The zero-order chi connectivity index (χ0) is 19.8. The lowest BCUT2D eigenvalue weighted by atomic mass is 9.92. The van der Waals surface area contributed by atoms with Crippen LogP contribution in [0.3, 0.4) is 0 Å². The van der Waals surface area contributed by atoms with E-state index in [0.29, 0.717) is 6.54 Å². The second kappa shape index (κ2) is 7.25. The fourth-order valence-corrected chi connectivity index (χ4v) is 3.82. The molecule has 4 amide bonds. The van der Waals surface area contributed by atoms with Crippen LogP contribution in [0.5, 0.6) is 0 Å². The number of halogens is 2. The highest BCUT2D eigenvalue weighted by atomic mass is 19.2. The second-order valence-corrected chi connectivity index (χ2v) is 7.22. The summed E-state index contributed by atoms with van der Waals surface area (Å²) in [7, 11) is 0. The number of piperidine rings is 1. The van der Waals surface area contributed by atoms with Crippen molar-refractivity contribution < 1.29 is 23.2 Å². The number of hydrogen-bond donors (Lipinski definition) is 1. The van der Waals surface area contributed by atoms with Crippen LogP contribution < -0.4 is 5.32 Å². The third kappa shape index (κ3) is 3.40. The summed E-state index contributed by atoms with van der Waals surface area (Å²) in [4.78, 5) is 40.5. The van der Waals surface area contributed by atoms with E-state index in [9.17, 15) is 23.2 Å². The normalized spacial score (nSPS) is 25.7. The fourth-order valence-electron chi connectivity index (χ4n) is 3.82. The van der Waals surface area contributed by atoms with Gasteiger partial charge in [-0.25, -0.2) is 13.6 Å². The standard InChI is InChI=1S/C19H23F2N3O3/c1-3-13-6-4-5-9-23(13)16(25)11-24-17(26)19(2,22-18(24)27)12-7-8-14(20)15(21)10-12/h7-8,10,13H,3-6,9,11H2,1-2H3,(H,22,27). The minimum absolute atomic E-state index is 0.115. The summed E-state index contributed by atoms with van der Waals surface area (Å²) < 4.78 is 26.8. The topological polar surface area (TPSA) is 69.7 Å². The summed E-state index contributed by atoms with van der Waals surface area (Å²) in [6.07, 6.45) is 3.68. The number of likely N-dealkylation sites (tertiary alicyclic amines) is 1. The molecule has 0 radical (unpaired) electrons. The van der Waals surface area contributed by atoms with Crippen LogP contribution in [0.4, 0.5) is 13.6 Å². The molecule has 0 aromatic heterocycles. The van der Waals surface area contributed by atoms with Gasteiger partial charge in [0.25, 0.3) is 5.91 Å². The largest absolute Gasteiger partial charge is 0.338 e. The third-order valence-electron chi connectivity index (χ3n) is 5.48. The number of hydrogen-bond acceptors (Lipinski definition) is 3. The number of carbonyl (C=O) groups excluding carboxylic acids is 3. The van der Waals surface area contributed by atoms with Crippen molar-refractivity contribution in [1.82, 2.24) is 15.1 Å². The van der Waals surface area contributed by atoms with Crippen LogP contribution in [0.25, 0.3) is 0 Å². The first kappa shape index (κ1) is 19.3. The first-order chi connectivity index (χ1) is 12.8. The quantitative estimate of drug-likeness (QED) is 0.818. The molecule has 2 aliphatic heterocycles. The first-order valence-corrected chi connectivity index (χ1v) is 9.17. The van der Waals surface area contributed by atoms with E-state index in [1.54, 1.807) is 4.90 Å². The fraction of sp³-hybridized carbons (Fsp3) is 0.526. The van der Waals surface area contributed by atoms with Gasteiger partial charge in [-0.1, -0.05) is 13.0 Å². The Morgan fingerprint density at radius 1 is 1.26 bits per heavy atom. The van der Waals surface area contributed by atoms with Crippen molar-refractivity contribution in [3.63, 3.8) is 0 Å². The smallest absolute Gasteiger partial charge is 0.325 e. The molecule has 2 atom stereocenters. The van der Waals surface area contributed by atoms with Gasteiger partial charge >= 0.3 is 6.03 Å². The van der Waals surface area contributed by atoms with Gasteiger partial charge in [0.15, 0.2) is 11.6 Å². The maximum absolute atomic E-state index is 13.6. The Labute approximate surface area is 156 Å². The molecule has 146 valence electrons. The molecule has 2 unspecified atom stereocenters. The molecule has 0 bridgehead atoms. The van der Waals surface area contributed by atoms with E-state index in [2.05, 4.69) is 5.32 Å². The van der Waals surface area contributed by atoms with Crippen molar-refractivity contribution in [2.24, 2.45) is 0 Å². The molecule has 2 fully saturated rings. The molecule has 2 heterocycles. The average molecular weight is 379 g/mol. The predicted octanol–water partition coefficient (Wildman–Crippen LogP) is 2.52. The summed E-state index contributed by atoms with van der Waals surface area (Å²) >= 11 is 0. The summed E-state index contributed by atoms with van der Waals surface area (Å²) in [5, 5.41) is 2.50. The van der Waals surface area contributed by atoms with Gasteiger partial charge in [0.2, 0.25) is 5.91 Å². The molecule has 1 N–H and O–H groups in total. The van der Waals surface area contributed by atoms with E-state index in [-0.39, 0.29) is 24.1 Å². The van der Waals surface area contributed by atoms with E-state index in [4.69, 9.17) is 0 Å². The molecule has 8 heteroatoms. The predicted molar refractivity (Wildman–Crippen MR) is 93.6 cm³/mol. The van der Waals surface area contributed by atoms with E-state index < -0.39 is 29.1 Å². The van der Waals surface area contributed by atoms with Crippen molar-refractivity contribution in [2.75, 3.05) is 13.1 Å². The molecular formula is C19H23F2N3O3. The van der Waals surface area contributed by atoms with Gasteiger partial charge in [-0.05, 0) is 50.3 Å². The van der Waals surface area contributed by atoms with Crippen LogP contribution in [0.2, 0.25) is 0 Å². The van der Waals surface area contributed by atoms with Crippen LogP contribution in [0, 0.1) is 11.6 Å².